The normalized spacial score (nSPS) is 14.7. The molecule has 0 spiro atoms. The van der Waals surface area contributed by atoms with Crippen molar-refractivity contribution in [3.8, 4) is 5.75 Å². The van der Waals surface area contributed by atoms with Gasteiger partial charge in [0.1, 0.15) is 5.75 Å². The van der Waals surface area contributed by atoms with Crippen LogP contribution in [-0.4, -0.2) is 6.61 Å². The highest BCUT2D eigenvalue weighted by Gasteiger charge is 2.24. The van der Waals surface area contributed by atoms with E-state index in [2.05, 4.69) is 31.9 Å². The molecule has 6 heteroatoms. The fraction of sp³-hybridized carbons (Fsp3) is 0.200. The highest BCUT2D eigenvalue weighted by molar-refractivity contribution is 9.10. The molecule has 0 aromatic heterocycles. The van der Waals surface area contributed by atoms with Crippen molar-refractivity contribution >= 4 is 31.9 Å². The molecule has 1 nitrogen and oxygen atoms in total. The Labute approximate surface area is 136 Å². The number of ether oxygens (including phenoxy) is 1. The van der Waals surface area contributed by atoms with Crippen molar-refractivity contribution in [2.45, 2.75) is 11.2 Å². The molecule has 0 saturated carbocycles. The van der Waals surface area contributed by atoms with Crippen molar-refractivity contribution < 1.29 is 17.9 Å². The van der Waals surface area contributed by atoms with Gasteiger partial charge in [0.2, 0.25) is 0 Å². The second kappa shape index (κ2) is 5.65. The van der Waals surface area contributed by atoms with E-state index in [9.17, 15) is 13.2 Å². The van der Waals surface area contributed by atoms with Gasteiger partial charge in [-0.2, -0.15) is 0 Å². The Balaban J connectivity index is 2.09. The molecule has 0 radical (unpaired) electrons. The van der Waals surface area contributed by atoms with Crippen molar-refractivity contribution in [1.82, 2.24) is 0 Å². The predicted octanol–water partition coefficient (Wildman–Crippen LogP) is 5.29. The summed E-state index contributed by atoms with van der Waals surface area (Å²) < 4.78 is 46.3. The van der Waals surface area contributed by atoms with E-state index in [1.807, 2.05) is 12.1 Å². The smallest absolute Gasteiger partial charge is 0.194 e. The molecule has 0 N–H and O–H groups in total. The zero-order valence-corrected chi connectivity index (χ0v) is 13.8. The Morgan fingerprint density at radius 2 is 1.71 bits per heavy atom. The summed E-state index contributed by atoms with van der Waals surface area (Å²) in [5.41, 5.74) is 2.08. The van der Waals surface area contributed by atoms with E-state index < -0.39 is 22.3 Å². The summed E-state index contributed by atoms with van der Waals surface area (Å²) in [6.07, 6.45) is 0.785. The lowest BCUT2D eigenvalue weighted by Crippen LogP contribution is -2.00. The highest BCUT2D eigenvalue weighted by Crippen LogP contribution is 2.42. The average Bonchev–Trinajstić information content (AvgIpc) is 2.90. The van der Waals surface area contributed by atoms with E-state index in [0.29, 0.717) is 17.9 Å². The van der Waals surface area contributed by atoms with E-state index in [1.165, 1.54) is 0 Å². The van der Waals surface area contributed by atoms with Crippen LogP contribution in [0.25, 0.3) is 0 Å². The van der Waals surface area contributed by atoms with Gasteiger partial charge in [-0.3, -0.25) is 0 Å². The third-order valence-electron chi connectivity index (χ3n) is 3.35. The Kier molecular flexibility index (Phi) is 4.01. The molecule has 0 fully saturated rings. The number of rotatable bonds is 2. The van der Waals surface area contributed by atoms with Crippen LogP contribution in [0.4, 0.5) is 13.2 Å². The van der Waals surface area contributed by atoms with Crippen molar-refractivity contribution in [1.29, 1.82) is 0 Å². The van der Waals surface area contributed by atoms with Gasteiger partial charge in [0.25, 0.3) is 0 Å². The SMILES string of the molecule is Fc1cc(C(Br)c2cc(Br)cc3c2OCC3)cc(F)c1F. The maximum absolute atomic E-state index is 13.4. The average molecular weight is 422 g/mol. The summed E-state index contributed by atoms with van der Waals surface area (Å²) >= 11 is 6.83. The highest BCUT2D eigenvalue weighted by atomic mass is 79.9. The molecule has 0 amide bonds. The quantitative estimate of drug-likeness (QED) is 0.473. The number of halogens is 5. The topological polar surface area (TPSA) is 9.23 Å². The monoisotopic (exact) mass is 420 g/mol. The van der Waals surface area contributed by atoms with Crippen LogP contribution in [0.3, 0.4) is 0 Å². The molecule has 1 unspecified atom stereocenters. The zero-order chi connectivity index (χ0) is 15.1. The number of fused-ring (bicyclic) bond motifs is 1. The summed E-state index contributed by atoms with van der Waals surface area (Å²) in [6.45, 7) is 0.574. The van der Waals surface area contributed by atoms with Gasteiger partial charge in [-0.25, -0.2) is 13.2 Å². The molecule has 3 rings (SSSR count). The summed E-state index contributed by atoms with van der Waals surface area (Å²) in [5.74, 6) is -3.16. The van der Waals surface area contributed by atoms with Crippen LogP contribution < -0.4 is 4.74 Å². The maximum atomic E-state index is 13.4. The van der Waals surface area contributed by atoms with Gasteiger partial charge in [0.15, 0.2) is 17.5 Å². The van der Waals surface area contributed by atoms with Crippen LogP contribution in [0.5, 0.6) is 5.75 Å². The first kappa shape index (κ1) is 14.9. The minimum absolute atomic E-state index is 0.294. The van der Waals surface area contributed by atoms with Crippen molar-refractivity contribution in [2.75, 3.05) is 6.61 Å². The molecule has 1 aliphatic heterocycles. The van der Waals surface area contributed by atoms with E-state index in [4.69, 9.17) is 4.74 Å². The number of alkyl halides is 1. The molecule has 0 aliphatic carbocycles. The molecule has 1 heterocycles. The van der Waals surface area contributed by atoms with Crippen molar-refractivity contribution in [2.24, 2.45) is 0 Å². The molecule has 2 aromatic carbocycles. The van der Waals surface area contributed by atoms with Gasteiger partial charge < -0.3 is 4.74 Å². The molecular formula is C15H9Br2F3O. The molecule has 1 atom stereocenters. The second-order valence-corrected chi connectivity index (χ2v) is 6.57. The minimum Gasteiger partial charge on any atom is -0.493 e. The van der Waals surface area contributed by atoms with Gasteiger partial charge in [0.05, 0.1) is 11.4 Å². The van der Waals surface area contributed by atoms with Gasteiger partial charge in [-0.05, 0) is 35.4 Å². The van der Waals surface area contributed by atoms with Crippen LogP contribution in [-0.2, 0) is 6.42 Å². The molecule has 21 heavy (non-hydrogen) atoms. The third-order valence-corrected chi connectivity index (χ3v) is 4.83. The lowest BCUT2D eigenvalue weighted by molar-refractivity contribution is 0.354. The van der Waals surface area contributed by atoms with Gasteiger partial charge in [0, 0.05) is 16.5 Å². The first-order valence-corrected chi connectivity index (χ1v) is 7.92. The van der Waals surface area contributed by atoms with Crippen LogP contribution >= 0.6 is 31.9 Å². The summed E-state index contributed by atoms with van der Waals surface area (Å²) in [5, 5.41) is 0. The molecule has 110 valence electrons. The Hall–Kier alpha value is -1.01. The van der Waals surface area contributed by atoms with Gasteiger partial charge >= 0.3 is 0 Å². The van der Waals surface area contributed by atoms with Crippen LogP contribution in [0, 0.1) is 17.5 Å². The Morgan fingerprint density at radius 3 is 2.38 bits per heavy atom. The Bertz CT molecular complexity index is 695. The first-order valence-electron chi connectivity index (χ1n) is 6.21. The van der Waals surface area contributed by atoms with Crippen LogP contribution in [0.1, 0.15) is 21.5 Å². The molecule has 0 bridgehead atoms. The second-order valence-electron chi connectivity index (χ2n) is 4.74. The fourth-order valence-corrected chi connectivity index (χ4v) is 3.51. The molecular weight excluding hydrogens is 413 g/mol. The molecule has 0 saturated heterocycles. The summed E-state index contributed by atoms with van der Waals surface area (Å²) in [4.78, 5) is -0.494. The standard InChI is InChI=1S/C15H9Br2F3O/c16-9-3-7-1-2-21-15(7)10(6-9)13(17)8-4-11(18)14(20)12(19)5-8/h3-6,13H,1-2H2. The largest absolute Gasteiger partial charge is 0.493 e. The van der Waals surface area contributed by atoms with Crippen molar-refractivity contribution in [3.05, 3.63) is 62.9 Å². The lowest BCUT2D eigenvalue weighted by Gasteiger charge is -2.16. The zero-order valence-electron chi connectivity index (χ0n) is 10.6. The van der Waals surface area contributed by atoms with Crippen LogP contribution in [0.15, 0.2) is 28.7 Å². The molecule has 2 aromatic rings. The van der Waals surface area contributed by atoms with E-state index in [0.717, 1.165) is 34.2 Å². The number of hydrogen-bond acceptors (Lipinski definition) is 1. The van der Waals surface area contributed by atoms with E-state index in [-0.39, 0.29) is 0 Å². The number of hydrogen-bond donors (Lipinski definition) is 0. The number of benzene rings is 2. The maximum Gasteiger partial charge on any atom is 0.194 e. The first-order chi connectivity index (χ1) is 9.97. The van der Waals surface area contributed by atoms with E-state index in [1.54, 1.807) is 0 Å². The van der Waals surface area contributed by atoms with Crippen LogP contribution in [0.2, 0.25) is 0 Å². The molecule has 1 aliphatic rings. The minimum atomic E-state index is -1.46. The third kappa shape index (κ3) is 2.71. The van der Waals surface area contributed by atoms with Gasteiger partial charge in [-0.1, -0.05) is 31.9 Å². The predicted molar refractivity (Wildman–Crippen MR) is 80.4 cm³/mol. The van der Waals surface area contributed by atoms with Gasteiger partial charge in [-0.15, -0.1) is 0 Å². The fourth-order valence-electron chi connectivity index (χ4n) is 2.39. The summed E-state index contributed by atoms with van der Waals surface area (Å²) in [7, 11) is 0. The van der Waals surface area contributed by atoms with E-state index >= 15 is 0 Å². The summed E-state index contributed by atoms with van der Waals surface area (Å²) in [6, 6.07) is 5.75. The lowest BCUT2D eigenvalue weighted by atomic mass is 10.0. The Morgan fingerprint density at radius 1 is 1.05 bits per heavy atom. The van der Waals surface area contributed by atoms with Crippen molar-refractivity contribution in [3.63, 3.8) is 0 Å².